The monoisotopic (exact) mass is 360 g/mol. The lowest BCUT2D eigenvalue weighted by Crippen LogP contribution is -2.37. The Morgan fingerprint density at radius 2 is 1.68 bits per heavy atom. The summed E-state index contributed by atoms with van der Waals surface area (Å²) in [6.45, 7) is 8.55. The quantitative estimate of drug-likeness (QED) is 0.750. The third-order valence-corrected chi connectivity index (χ3v) is 4.35. The van der Waals surface area contributed by atoms with Gasteiger partial charge in [-0.2, -0.15) is 0 Å². The molecule has 3 N–H and O–H groups in total. The number of hydrogen-bond acceptors (Lipinski definition) is 2. The Balaban J connectivity index is 0.00000312. The Labute approximate surface area is 157 Å². The van der Waals surface area contributed by atoms with Crippen molar-refractivity contribution in [3.05, 3.63) is 65.2 Å². The van der Waals surface area contributed by atoms with E-state index in [1.807, 2.05) is 36.4 Å². The van der Waals surface area contributed by atoms with E-state index in [-0.39, 0.29) is 29.8 Å². The number of halogens is 1. The number of para-hydroxylation sites is 1. The average molecular weight is 361 g/mol. The molecule has 25 heavy (non-hydrogen) atoms. The molecule has 0 aromatic heterocycles. The van der Waals surface area contributed by atoms with Crippen LogP contribution in [0.4, 0.5) is 5.69 Å². The van der Waals surface area contributed by atoms with E-state index in [0.717, 1.165) is 11.3 Å². The molecule has 0 aliphatic rings. The van der Waals surface area contributed by atoms with Gasteiger partial charge in [-0.1, -0.05) is 63.2 Å². The summed E-state index contributed by atoms with van der Waals surface area (Å²) >= 11 is 0. The largest absolute Gasteiger partial charge is 0.399 e. The van der Waals surface area contributed by atoms with Crippen LogP contribution in [0.1, 0.15) is 49.9 Å². The van der Waals surface area contributed by atoms with Crippen LogP contribution in [0.3, 0.4) is 0 Å². The number of hydrogen-bond donors (Lipinski definition) is 2. The molecule has 1 amide bonds. The Hall–Kier alpha value is -2.00. The summed E-state index contributed by atoms with van der Waals surface area (Å²) in [4.78, 5) is 12.5. The van der Waals surface area contributed by atoms with Gasteiger partial charge in [0.25, 0.3) is 0 Å². The Bertz CT molecular complexity index is 707. The van der Waals surface area contributed by atoms with E-state index in [9.17, 15) is 4.79 Å². The van der Waals surface area contributed by atoms with E-state index in [2.05, 4.69) is 45.1 Å². The molecular weight excluding hydrogens is 332 g/mol. The van der Waals surface area contributed by atoms with Crippen molar-refractivity contribution in [2.75, 3.05) is 5.73 Å². The maximum absolute atomic E-state index is 12.5. The second-order valence-electron chi connectivity index (χ2n) is 7.42. The topological polar surface area (TPSA) is 55.1 Å². The lowest BCUT2D eigenvalue weighted by molar-refractivity contribution is -0.122. The molecular formula is C21H29ClN2O. The molecule has 3 nitrogen and oxygen atoms in total. The fraction of sp³-hybridized carbons (Fsp3) is 0.381. The molecule has 136 valence electrons. The van der Waals surface area contributed by atoms with Gasteiger partial charge in [0.2, 0.25) is 5.91 Å². The van der Waals surface area contributed by atoms with Crippen molar-refractivity contribution < 1.29 is 4.79 Å². The van der Waals surface area contributed by atoms with Crippen molar-refractivity contribution in [1.82, 2.24) is 5.32 Å². The lowest BCUT2D eigenvalue weighted by atomic mass is 9.80. The van der Waals surface area contributed by atoms with Gasteiger partial charge < -0.3 is 11.1 Å². The van der Waals surface area contributed by atoms with Gasteiger partial charge in [0, 0.05) is 12.1 Å². The van der Waals surface area contributed by atoms with Gasteiger partial charge in [0.05, 0.1) is 6.04 Å². The van der Waals surface area contributed by atoms with Crippen LogP contribution in [0, 0.1) is 12.3 Å². The highest BCUT2D eigenvalue weighted by Gasteiger charge is 2.28. The van der Waals surface area contributed by atoms with Crippen molar-refractivity contribution in [1.29, 1.82) is 0 Å². The molecule has 2 aromatic carbocycles. The minimum absolute atomic E-state index is 0. The SMILES string of the molecule is Cc1ccccc1C(NC(=O)CCc1ccccc1N)C(C)(C)C.Cl. The molecule has 0 aliphatic carbocycles. The van der Waals surface area contributed by atoms with Gasteiger partial charge >= 0.3 is 0 Å². The van der Waals surface area contributed by atoms with Crippen molar-refractivity contribution in [3.63, 3.8) is 0 Å². The van der Waals surface area contributed by atoms with E-state index in [1.54, 1.807) is 0 Å². The molecule has 0 bridgehead atoms. The highest BCUT2D eigenvalue weighted by atomic mass is 35.5. The summed E-state index contributed by atoms with van der Waals surface area (Å²) in [5, 5.41) is 3.22. The van der Waals surface area contributed by atoms with Crippen LogP contribution < -0.4 is 11.1 Å². The molecule has 0 saturated carbocycles. The van der Waals surface area contributed by atoms with Gasteiger partial charge in [0.15, 0.2) is 0 Å². The second kappa shape index (κ2) is 8.91. The molecule has 2 rings (SSSR count). The predicted molar refractivity (Wildman–Crippen MR) is 108 cm³/mol. The van der Waals surface area contributed by atoms with Crippen molar-refractivity contribution in [2.24, 2.45) is 5.41 Å². The molecule has 0 heterocycles. The van der Waals surface area contributed by atoms with Crippen LogP contribution in [0.25, 0.3) is 0 Å². The fourth-order valence-electron chi connectivity index (χ4n) is 2.91. The first-order chi connectivity index (χ1) is 11.3. The Morgan fingerprint density at radius 3 is 2.28 bits per heavy atom. The minimum atomic E-state index is -0.0620. The summed E-state index contributed by atoms with van der Waals surface area (Å²) in [5.41, 5.74) is 10.0. The van der Waals surface area contributed by atoms with E-state index < -0.39 is 0 Å². The van der Waals surface area contributed by atoms with Crippen molar-refractivity contribution in [2.45, 2.75) is 46.6 Å². The standard InChI is InChI=1S/C21H28N2O.ClH/c1-15-9-5-7-11-17(15)20(21(2,3)4)23-19(24)14-13-16-10-6-8-12-18(16)22;/h5-12,20H,13-14,22H2,1-4H3,(H,23,24);1H. The highest BCUT2D eigenvalue weighted by Crippen LogP contribution is 2.34. The Morgan fingerprint density at radius 1 is 1.08 bits per heavy atom. The number of nitrogens with two attached hydrogens (primary N) is 1. The number of amides is 1. The number of aryl methyl sites for hydroxylation is 2. The summed E-state index contributed by atoms with van der Waals surface area (Å²) < 4.78 is 0. The zero-order valence-electron chi connectivity index (χ0n) is 15.5. The van der Waals surface area contributed by atoms with Crippen LogP contribution in [0.15, 0.2) is 48.5 Å². The second-order valence-corrected chi connectivity index (χ2v) is 7.42. The first-order valence-corrected chi connectivity index (χ1v) is 8.47. The highest BCUT2D eigenvalue weighted by molar-refractivity contribution is 5.85. The van der Waals surface area contributed by atoms with Crippen LogP contribution in [-0.2, 0) is 11.2 Å². The van der Waals surface area contributed by atoms with Gasteiger partial charge in [-0.15, -0.1) is 12.4 Å². The number of nitrogen functional groups attached to an aromatic ring is 1. The predicted octanol–water partition coefficient (Wildman–Crippen LogP) is 4.84. The molecule has 1 unspecified atom stereocenters. The van der Waals surface area contributed by atoms with Crippen LogP contribution >= 0.6 is 12.4 Å². The maximum atomic E-state index is 12.5. The number of rotatable bonds is 5. The van der Waals surface area contributed by atoms with Gasteiger partial charge in [-0.3, -0.25) is 4.79 Å². The number of carbonyl (C=O) groups excluding carboxylic acids is 1. The number of nitrogens with one attached hydrogen (secondary N) is 1. The number of benzene rings is 2. The summed E-state index contributed by atoms with van der Waals surface area (Å²) in [7, 11) is 0. The molecule has 0 aliphatic heterocycles. The first kappa shape index (κ1) is 21.0. The zero-order valence-corrected chi connectivity index (χ0v) is 16.3. The van der Waals surface area contributed by atoms with Crippen LogP contribution in [0.2, 0.25) is 0 Å². The van der Waals surface area contributed by atoms with E-state index in [1.165, 1.54) is 11.1 Å². The maximum Gasteiger partial charge on any atom is 0.220 e. The zero-order chi connectivity index (χ0) is 17.7. The molecule has 0 spiro atoms. The van der Waals surface area contributed by atoms with E-state index in [4.69, 9.17) is 5.73 Å². The first-order valence-electron chi connectivity index (χ1n) is 8.47. The smallest absolute Gasteiger partial charge is 0.220 e. The van der Waals surface area contributed by atoms with Crippen LogP contribution in [-0.4, -0.2) is 5.91 Å². The van der Waals surface area contributed by atoms with Crippen molar-refractivity contribution >= 4 is 24.0 Å². The number of anilines is 1. The minimum Gasteiger partial charge on any atom is -0.399 e. The third kappa shape index (κ3) is 5.79. The van der Waals surface area contributed by atoms with Crippen molar-refractivity contribution in [3.8, 4) is 0 Å². The fourth-order valence-corrected chi connectivity index (χ4v) is 2.91. The molecule has 0 saturated heterocycles. The van der Waals surface area contributed by atoms with Crippen LogP contribution in [0.5, 0.6) is 0 Å². The third-order valence-electron chi connectivity index (χ3n) is 4.35. The summed E-state index contributed by atoms with van der Waals surface area (Å²) in [6.07, 6.45) is 1.09. The molecule has 4 heteroatoms. The normalized spacial score (nSPS) is 12.2. The number of carbonyl (C=O) groups is 1. The van der Waals surface area contributed by atoms with Gasteiger partial charge in [-0.25, -0.2) is 0 Å². The summed E-state index contributed by atoms with van der Waals surface area (Å²) in [5.74, 6) is 0.0569. The lowest BCUT2D eigenvalue weighted by Gasteiger charge is -2.33. The van der Waals surface area contributed by atoms with E-state index in [0.29, 0.717) is 12.8 Å². The Kier molecular flexibility index (Phi) is 7.50. The molecule has 0 fully saturated rings. The molecule has 1 atom stereocenters. The summed E-state index contributed by atoms with van der Waals surface area (Å²) in [6, 6.07) is 15.9. The van der Waals surface area contributed by atoms with E-state index >= 15 is 0 Å². The average Bonchev–Trinajstić information content (AvgIpc) is 2.52. The van der Waals surface area contributed by atoms with Gasteiger partial charge in [-0.05, 0) is 41.5 Å². The molecule has 2 aromatic rings. The van der Waals surface area contributed by atoms with Gasteiger partial charge in [0.1, 0.15) is 0 Å². The molecule has 0 radical (unpaired) electrons.